The minimum Gasteiger partial charge on any atom is -0.327 e. The number of allylic oxidation sites excluding steroid dienone is 5. The molecule has 1 heteroatoms. The Morgan fingerprint density at radius 1 is 1.00 bits per heavy atom. The average Bonchev–Trinajstić information content (AvgIpc) is 2.03. The second-order valence-corrected chi connectivity index (χ2v) is 2.27. The SMILES string of the molecule is CCC/C=C/C=C/C=C/CN. The number of unbranched alkanes of at least 4 members (excludes halogenated alkanes) is 1. The normalized spacial score (nSPS) is 12.5. The molecule has 0 rings (SSSR count). The molecule has 0 atom stereocenters. The minimum absolute atomic E-state index is 0.614. The van der Waals surface area contributed by atoms with E-state index in [0.29, 0.717) is 6.54 Å². The van der Waals surface area contributed by atoms with Crippen LogP contribution >= 0.6 is 0 Å². The van der Waals surface area contributed by atoms with E-state index in [9.17, 15) is 0 Å². The lowest BCUT2D eigenvalue weighted by Gasteiger charge is -1.79. The highest BCUT2D eigenvalue weighted by molar-refractivity contribution is 5.11. The molecule has 0 aliphatic rings. The summed E-state index contributed by atoms with van der Waals surface area (Å²) in [5.41, 5.74) is 5.25. The smallest absolute Gasteiger partial charge is 0.0109 e. The van der Waals surface area contributed by atoms with Gasteiger partial charge < -0.3 is 5.73 Å². The van der Waals surface area contributed by atoms with E-state index in [0.717, 1.165) is 6.42 Å². The van der Waals surface area contributed by atoms with Gasteiger partial charge >= 0.3 is 0 Å². The first-order chi connectivity index (χ1) is 5.41. The molecule has 0 aliphatic heterocycles. The van der Waals surface area contributed by atoms with Crippen LogP contribution in [0.25, 0.3) is 0 Å². The van der Waals surface area contributed by atoms with Crippen LogP contribution in [0.4, 0.5) is 0 Å². The first-order valence-electron chi connectivity index (χ1n) is 4.10. The fourth-order valence-electron chi connectivity index (χ4n) is 0.627. The summed E-state index contributed by atoms with van der Waals surface area (Å²) < 4.78 is 0. The van der Waals surface area contributed by atoms with Gasteiger partial charge in [0, 0.05) is 6.54 Å². The first kappa shape index (κ1) is 10.2. The lowest BCUT2D eigenvalue weighted by Crippen LogP contribution is -1.91. The van der Waals surface area contributed by atoms with E-state index in [1.165, 1.54) is 6.42 Å². The van der Waals surface area contributed by atoms with E-state index >= 15 is 0 Å². The van der Waals surface area contributed by atoms with Gasteiger partial charge in [-0.25, -0.2) is 0 Å². The summed E-state index contributed by atoms with van der Waals surface area (Å²) in [6.45, 7) is 2.78. The molecule has 0 aromatic rings. The molecule has 0 spiro atoms. The van der Waals surface area contributed by atoms with Crippen LogP contribution in [0.3, 0.4) is 0 Å². The maximum atomic E-state index is 5.25. The lowest BCUT2D eigenvalue weighted by molar-refractivity contribution is 0.959. The Balaban J connectivity index is 3.35. The van der Waals surface area contributed by atoms with E-state index in [4.69, 9.17) is 5.73 Å². The fraction of sp³-hybridized carbons (Fsp3) is 0.400. The van der Waals surface area contributed by atoms with Crippen molar-refractivity contribution in [2.45, 2.75) is 19.8 Å². The standard InChI is InChI=1S/C10H17N/c1-2-3-4-5-6-7-8-9-10-11/h4-9H,2-3,10-11H2,1H3/b5-4+,7-6+,9-8+. The summed E-state index contributed by atoms with van der Waals surface area (Å²) in [5, 5.41) is 0. The zero-order chi connectivity index (χ0) is 8.36. The molecule has 0 heterocycles. The summed E-state index contributed by atoms with van der Waals surface area (Å²) in [4.78, 5) is 0. The molecule has 0 radical (unpaired) electrons. The molecule has 0 bridgehead atoms. The molecule has 11 heavy (non-hydrogen) atoms. The summed E-state index contributed by atoms with van der Waals surface area (Å²) in [6.07, 6.45) is 14.5. The second kappa shape index (κ2) is 9.18. The molecule has 0 unspecified atom stereocenters. The Labute approximate surface area is 69.3 Å². The van der Waals surface area contributed by atoms with Crippen LogP contribution in [0.15, 0.2) is 36.5 Å². The third kappa shape index (κ3) is 9.18. The maximum absolute atomic E-state index is 5.25. The van der Waals surface area contributed by atoms with Crippen molar-refractivity contribution in [3.05, 3.63) is 36.5 Å². The molecule has 0 fully saturated rings. The van der Waals surface area contributed by atoms with Gasteiger partial charge in [0.1, 0.15) is 0 Å². The van der Waals surface area contributed by atoms with E-state index < -0.39 is 0 Å². The van der Waals surface area contributed by atoms with Crippen LogP contribution in [0.5, 0.6) is 0 Å². The van der Waals surface area contributed by atoms with Gasteiger partial charge in [-0.05, 0) is 6.42 Å². The predicted molar refractivity (Wildman–Crippen MR) is 51.4 cm³/mol. The Morgan fingerprint density at radius 3 is 2.18 bits per heavy atom. The third-order valence-corrected chi connectivity index (χ3v) is 1.20. The van der Waals surface area contributed by atoms with Gasteiger partial charge in [-0.1, -0.05) is 49.8 Å². The van der Waals surface area contributed by atoms with Gasteiger partial charge in [0.15, 0.2) is 0 Å². The van der Waals surface area contributed by atoms with Crippen LogP contribution in [0.2, 0.25) is 0 Å². The van der Waals surface area contributed by atoms with Crippen LogP contribution in [0.1, 0.15) is 19.8 Å². The molecule has 1 nitrogen and oxygen atoms in total. The summed E-state index contributed by atoms with van der Waals surface area (Å²) in [6, 6.07) is 0. The number of hydrogen-bond donors (Lipinski definition) is 1. The predicted octanol–water partition coefficient (Wildman–Crippen LogP) is 2.41. The Morgan fingerprint density at radius 2 is 1.64 bits per heavy atom. The lowest BCUT2D eigenvalue weighted by atomic mass is 10.3. The van der Waals surface area contributed by atoms with E-state index in [1.807, 2.05) is 24.3 Å². The number of rotatable bonds is 5. The zero-order valence-electron chi connectivity index (χ0n) is 7.16. The summed E-state index contributed by atoms with van der Waals surface area (Å²) in [5.74, 6) is 0. The van der Waals surface area contributed by atoms with Crippen molar-refractivity contribution < 1.29 is 0 Å². The minimum atomic E-state index is 0.614. The quantitative estimate of drug-likeness (QED) is 0.600. The van der Waals surface area contributed by atoms with Crippen LogP contribution < -0.4 is 5.73 Å². The van der Waals surface area contributed by atoms with Crippen LogP contribution in [0, 0.1) is 0 Å². The largest absolute Gasteiger partial charge is 0.327 e. The van der Waals surface area contributed by atoms with Gasteiger partial charge in [-0.15, -0.1) is 0 Å². The fourth-order valence-corrected chi connectivity index (χ4v) is 0.627. The van der Waals surface area contributed by atoms with Gasteiger partial charge in [0.2, 0.25) is 0 Å². The van der Waals surface area contributed by atoms with Crippen molar-refractivity contribution in [2.75, 3.05) is 6.54 Å². The molecular weight excluding hydrogens is 134 g/mol. The number of nitrogens with two attached hydrogens (primary N) is 1. The van der Waals surface area contributed by atoms with Crippen LogP contribution in [-0.4, -0.2) is 6.54 Å². The van der Waals surface area contributed by atoms with Crippen molar-refractivity contribution >= 4 is 0 Å². The molecule has 0 aromatic carbocycles. The maximum Gasteiger partial charge on any atom is 0.0109 e. The summed E-state index contributed by atoms with van der Waals surface area (Å²) in [7, 11) is 0. The highest BCUT2D eigenvalue weighted by atomic mass is 14.5. The average molecular weight is 151 g/mol. The molecule has 0 aliphatic carbocycles. The molecule has 0 saturated heterocycles. The molecule has 2 N–H and O–H groups in total. The second-order valence-electron chi connectivity index (χ2n) is 2.27. The molecule has 0 saturated carbocycles. The molecule has 0 amide bonds. The topological polar surface area (TPSA) is 26.0 Å². The van der Waals surface area contributed by atoms with E-state index in [1.54, 1.807) is 0 Å². The van der Waals surface area contributed by atoms with E-state index in [-0.39, 0.29) is 0 Å². The van der Waals surface area contributed by atoms with Gasteiger partial charge in [0.25, 0.3) is 0 Å². The first-order valence-corrected chi connectivity index (χ1v) is 4.10. The molecule has 0 aromatic heterocycles. The zero-order valence-corrected chi connectivity index (χ0v) is 7.16. The van der Waals surface area contributed by atoms with Crippen molar-refractivity contribution in [1.82, 2.24) is 0 Å². The summed E-state index contributed by atoms with van der Waals surface area (Å²) >= 11 is 0. The Bertz CT molecular complexity index is 143. The van der Waals surface area contributed by atoms with Crippen LogP contribution in [-0.2, 0) is 0 Å². The van der Waals surface area contributed by atoms with Crippen molar-refractivity contribution in [3.8, 4) is 0 Å². The highest BCUT2D eigenvalue weighted by Crippen LogP contribution is 1.88. The molecular formula is C10H17N. The third-order valence-electron chi connectivity index (χ3n) is 1.20. The molecule has 62 valence electrons. The van der Waals surface area contributed by atoms with Gasteiger partial charge in [-0.2, -0.15) is 0 Å². The monoisotopic (exact) mass is 151 g/mol. The van der Waals surface area contributed by atoms with Gasteiger partial charge in [0.05, 0.1) is 0 Å². The number of hydrogen-bond acceptors (Lipinski definition) is 1. The highest BCUT2D eigenvalue weighted by Gasteiger charge is 1.68. The Hall–Kier alpha value is -0.820. The van der Waals surface area contributed by atoms with Crippen molar-refractivity contribution in [3.63, 3.8) is 0 Å². The van der Waals surface area contributed by atoms with Gasteiger partial charge in [-0.3, -0.25) is 0 Å². The Kier molecular flexibility index (Phi) is 8.50. The van der Waals surface area contributed by atoms with Crippen molar-refractivity contribution in [1.29, 1.82) is 0 Å². The van der Waals surface area contributed by atoms with Crippen molar-refractivity contribution in [2.24, 2.45) is 5.73 Å². The van der Waals surface area contributed by atoms with E-state index in [2.05, 4.69) is 19.1 Å².